The van der Waals surface area contributed by atoms with E-state index in [0.717, 1.165) is 42.9 Å². The molecule has 2 saturated heterocycles. The van der Waals surface area contributed by atoms with Gasteiger partial charge in [0.15, 0.2) is 0 Å². The highest BCUT2D eigenvalue weighted by Crippen LogP contribution is 2.45. The lowest BCUT2D eigenvalue weighted by atomic mass is 9.70. The number of aryl methyl sites for hydroxylation is 1. The van der Waals surface area contributed by atoms with E-state index in [4.69, 9.17) is 21.1 Å². The van der Waals surface area contributed by atoms with Crippen molar-refractivity contribution >= 4 is 39.1 Å². The van der Waals surface area contributed by atoms with E-state index in [1.807, 2.05) is 30.0 Å². The van der Waals surface area contributed by atoms with Gasteiger partial charge in [-0.05, 0) is 86.4 Å². The summed E-state index contributed by atoms with van der Waals surface area (Å²) in [6.45, 7) is 8.15. The zero-order chi connectivity index (χ0) is 33.6. The van der Waals surface area contributed by atoms with Crippen LogP contribution in [0.1, 0.15) is 61.0 Å². The largest absolute Gasteiger partial charge is 0.490 e. The van der Waals surface area contributed by atoms with Crippen molar-refractivity contribution in [1.29, 1.82) is 0 Å². The summed E-state index contributed by atoms with van der Waals surface area (Å²) in [6, 6.07) is 11.0. The number of hydrogen-bond acceptors (Lipinski definition) is 8. The number of anilines is 1. The van der Waals surface area contributed by atoms with Gasteiger partial charge in [-0.3, -0.25) is 14.5 Å². The van der Waals surface area contributed by atoms with Gasteiger partial charge in [-0.2, -0.15) is 0 Å². The number of carbonyl (C=O) groups is 2. The predicted octanol–water partition coefficient (Wildman–Crippen LogP) is 4.16. The van der Waals surface area contributed by atoms with E-state index < -0.39 is 27.2 Å². The molecule has 2 fully saturated rings. The van der Waals surface area contributed by atoms with Crippen molar-refractivity contribution in [3.05, 3.63) is 70.3 Å². The molecule has 4 heterocycles. The van der Waals surface area contributed by atoms with Crippen molar-refractivity contribution in [1.82, 2.24) is 14.5 Å². The van der Waals surface area contributed by atoms with Crippen LogP contribution in [0.3, 0.4) is 0 Å². The Bertz CT molecular complexity index is 1710. The van der Waals surface area contributed by atoms with Crippen molar-refractivity contribution in [3.8, 4) is 5.75 Å². The van der Waals surface area contributed by atoms with Crippen molar-refractivity contribution in [2.24, 2.45) is 5.92 Å². The van der Waals surface area contributed by atoms with E-state index in [2.05, 4.69) is 26.7 Å². The van der Waals surface area contributed by atoms with Crippen LogP contribution < -0.4 is 14.4 Å². The standard InChI is InChI=1S/C36H45ClN4O6S/c1-24-5-3-7-31(35(43)39-15-17-46-18-16-39)41-14-12-29(41)21-40-22-36(13-4-6-26-19-28(37)9-10-30(26)36)23-47-33-11-8-27(20-32(33)40)34(42)38-48(44,45)25(24)2/h3,7-11,19-20,24-25,29,31H,4-6,12-18,21-23H2,1-2H3,(H,38,42)/b7-3+/t24-,25+,29-,31+,36-/m0/s1. The highest BCUT2D eigenvalue weighted by atomic mass is 35.5. The lowest BCUT2D eigenvalue weighted by molar-refractivity contribution is -0.142. The number of fused-ring (bicyclic) bond motifs is 4. The molecule has 0 saturated carbocycles. The molecule has 2 aromatic rings. The number of nitrogens with zero attached hydrogens (tertiary/aromatic N) is 3. The smallest absolute Gasteiger partial charge is 0.264 e. The first-order valence-electron chi connectivity index (χ1n) is 17.2. The molecule has 4 aliphatic heterocycles. The number of hydrogen-bond donors (Lipinski definition) is 1. The van der Waals surface area contributed by atoms with Crippen molar-refractivity contribution in [2.75, 3.05) is 57.4 Å². The van der Waals surface area contributed by atoms with E-state index in [1.54, 1.807) is 25.1 Å². The molecule has 0 unspecified atom stereocenters. The molecule has 5 atom stereocenters. The molecule has 7 rings (SSSR count). The maximum Gasteiger partial charge on any atom is 0.264 e. The van der Waals surface area contributed by atoms with E-state index >= 15 is 0 Å². The fourth-order valence-corrected chi connectivity index (χ4v) is 9.52. The molecule has 2 amide bonds. The van der Waals surface area contributed by atoms with Gasteiger partial charge in [-0.15, -0.1) is 0 Å². The Hall–Kier alpha value is -3.12. The monoisotopic (exact) mass is 696 g/mol. The first kappa shape index (κ1) is 33.4. The quantitative estimate of drug-likeness (QED) is 0.443. The Morgan fingerprint density at radius 1 is 1.08 bits per heavy atom. The Labute approximate surface area is 288 Å². The summed E-state index contributed by atoms with van der Waals surface area (Å²) >= 11 is 6.44. The average Bonchev–Trinajstić information content (AvgIpc) is 3.21. The second-order valence-corrected chi connectivity index (χ2v) is 16.6. The van der Waals surface area contributed by atoms with E-state index in [0.29, 0.717) is 58.2 Å². The zero-order valence-electron chi connectivity index (χ0n) is 27.7. The van der Waals surface area contributed by atoms with E-state index in [9.17, 15) is 18.0 Å². The van der Waals surface area contributed by atoms with Gasteiger partial charge in [-0.25, -0.2) is 13.1 Å². The summed E-state index contributed by atoms with van der Waals surface area (Å²) in [4.78, 5) is 34.1. The number of allylic oxidation sites excluding steroid dienone is 1. The molecular weight excluding hydrogens is 652 g/mol. The van der Waals surface area contributed by atoms with Crippen LogP contribution in [-0.4, -0.2) is 99.9 Å². The van der Waals surface area contributed by atoms with Gasteiger partial charge in [0.25, 0.3) is 5.91 Å². The summed E-state index contributed by atoms with van der Waals surface area (Å²) < 4.78 is 41.3. The Balaban J connectivity index is 1.30. The molecule has 1 spiro atoms. The Morgan fingerprint density at radius 3 is 2.67 bits per heavy atom. The first-order chi connectivity index (χ1) is 23.0. The number of halogens is 1. The molecule has 1 aliphatic carbocycles. The van der Waals surface area contributed by atoms with Crippen LogP contribution >= 0.6 is 11.6 Å². The van der Waals surface area contributed by atoms with Crippen LogP contribution in [0.2, 0.25) is 5.02 Å². The van der Waals surface area contributed by atoms with Crippen LogP contribution in [0, 0.1) is 5.92 Å². The number of carbonyl (C=O) groups excluding carboxylic acids is 2. The fourth-order valence-electron chi connectivity index (χ4n) is 8.04. The van der Waals surface area contributed by atoms with Crippen LogP contribution in [0.25, 0.3) is 0 Å². The molecule has 12 heteroatoms. The first-order valence-corrected chi connectivity index (χ1v) is 19.1. The lowest BCUT2D eigenvalue weighted by Gasteiger charge is -2.49. The summed E-state index contributed by atoms with van der Waals surface area (Å²) in [5.74, 6) is -0.233. The van der Waals surface area contributed by atoms with Gasteiger partial charge >= 0.3 is 0 Å². The third kappa shape index (κ3) is 6.34. The fraction of sp³-hybridized carbons (Fsp3) is 0.556. The SMILES string of the molecule is C[C@@H]1[C@@H](C)C/C=C/[C@H](C(=O)N2CCOCC2)N2CC[C@H]2CN2C[C@@]3(CCCc4cc(Cl)ccc43)COc3ccc(cc32)C(=O)NS1(=O)=O. The number of sulfonamides is 1. The van der Waals surface area contributed by atoms with Gasteiger partial charge in [0.2, 0.25) is 15.9 Å². The number of benzene rings is 2. The zero-order valence-corrected chi connectivity index (χ0v) is 29.3. The Morgan fingerprint density at radius 2 is 1.90 bits per heavy atom. The van der Waals surface area contributed by atoms with Gasteiger partial charge in [0, 0.05) is 54.8 Å². The maximum absolute atomic E-state index is 14.1. The van der Waals surface area contributed by atoms with Gasteiger partial charge in [-0.1, -0.05) is 36.7 Å². The second-order valence-electron chi connectivity index (χ2n) is 14.2. The number of nitrogens with one attached hydrogen (secondary N) is 1. The van der Waals surface area contributed by atoms with Crippen molar-refractivity contribution in [3.63, 3.8) is 0 Å². The molecule has 2 bridgehead atoms. The highest BCUT2D eigenvalue weighted by molar-refractivity contribution is 7.90. The third-order valence-corrected chi connectivity index (χ3v) is 13.4. The van der Waals surface area contributed by atoms with E-state index in [-0.39, 0.29) is 28.8 Å². The number of ether oxygens (including phenoxy) is 2. The number of amides is 2. The van der Waals surface area contributed by atoms with Crippen molar-refractivity contribution in [2.45, 2.75) is 68.7 Å². The van der Waals surface area contributed by atoms with E-state index in [1.165, 1.54) is 11.1 Å². The third-order valence-electron chi connectivity index (χ3n) is 11.2. The minimum absolute atomic E-state index is 0.0531. The Kier molecular flexibility index (Phi) is 9.25. The summed E-state index contributed by atoms with van der Waals surface area (Å²) in [6.07, 6.45) is 8.18. The summed E-state index contributed by atoms with van der Waals surface area (Å²) in [5.41, 5.74) is 3.17. The molecular formula is C36H45ClN4O6S. The normalized spacial score (nSPS) is 31.4. The predicted molar refractivity (Wildman–Crippen MR) is 185 cm³/mol. The van der Waals surface area contributed by atoms with Crippen LogP contribution in [0.15, 0.2) is 48.6 Å². The molecule has 0 radical (unpaired) electrons. The van der Waals surface area contributed by atoms with Crippen molar-refractivity contribution < 1.29 is 27.5 Å². The van der Waals surface area contributed by atoms with Gasteiger partial charge in [0.05, 0.1) is 30.8 Å². The molecule has 0 aromatic heterocycles. The summed E-state index contributed by atoms with van der Waals surface area (Å²) in [7, 11) is -3.98. The number of morpholine rings is 1. The lowest BCUT2D eigenvalue weighted by Crippen LogP contribution is -2.62. The molecule has 2 aromatic carbocycles. The average molecular weight is 697 g/mol. The molecule has 5 aliphatic rings. The highest BCUT2D eigenvalue weighted by Gasteiger charge is 2.45. The maximum atomic E-state index is 14.1. The molecule has 1 N–H and O–H groups in total. The van der Waals surface area contributed by atoms with Crippen LogP contribution in [0.5, 0.6) is 5.75 Å². The molecule has 258 valence electrons. The summed E-state index contributed by atoms with van der Waals surface area (Å²) in [5, 5.41) is -0.110. The second kappa shape index (κ2) is 13.3. The minimum Gasteiger partial charge on any atom is -0.490 e. The topological polar surface area (TPSA) is 108 Å². The van der Waals surface area contributed by atoms with Gasteiger partial charge < -0.3 is 19.3 Å². The van der Waals surface area contributed by atoms with Crippen LogP contribution in [0.4, 0.5) is 5.69 Å². The molecule has 48 heavy (non-hydrogen) atoms. The number of rotatable bonds is 1. The van der Waals surface area contributed by atoms with Crippen LogP contribution in [-0.2, 0) is 31.4 Å². The van der Waals surface area contributed by atoms with Gasteiger partial charge in [0.1, 0.15) is 11.8 Å². The molecule has 10 nitrogen and oxygen atoms in total. The minimum atomic E-state index is -3.98.